The number of nitrogens with zero attached hydrogens (tertiary/aromatic N) is 6. The largest absolute Gasteiger partial charge is 2.00 e. The van der Waals surface area contributed by atoms with E-state index in [0.717, 1.165) is 11.4 Å². The van der Waals surface area contributed by atoms with Crippen LogP contribution in [0.1, 0.15) is 39.1 Å². The van der Waals surface area contributed by atoms with Crippen molar-refractivity contribution in [3.8, 4) is 0 Å². The summed E-state index contributed by atoms with van der Waals surface area (Å²) < 4.78 is 9.53. The molecule has 0 atom stereocenters. The van der Waals surface area contributed by atoms with Crippen molar-refractivity contribution in [2.45, 2.75) is 40.8 Å². The molecule has 0 saturated carbocycles. The van der Waals surface area contributed by atoms with E-state index >= 15 is 0 Å². The first-order valence-electron chi connectivity index (χ1n) is 12.3. The van der Waals surface area contributed by atoms with E-state index < -0.39 is 22.1 Å². The van der Waals surface area contributed by atoms with Gasteiger partial charge in [0.15, 0.2) is 0 Å². The molecule has 2 aromatic heterocycles. The van der Waals surface area contributed by atoms with Crippen LogP contribution in [-0.2, 0) is 66.3 Å². The van der Waals surface area contributed by atoms with Crippen LogP contribution >= 0.6 is 0 Å². The Morgan fingerprint density at radius 1 is 0.717 bits per heavy atom. The molecule has 20 heteroatoms. The Morgan fingerprint density at radius 3 is 1.24 bits per heavy atom. The Hall–Kier alpha value is -4.90. The molecule has 258 valence electrons. The number of hydrogen-bond donors (Lipinski definition) is 0. The molecule has 0 spiro atoms. The maximum Gasteiger partial charge on any atom is 2.00 e. The average molecular weight is 746 g/mol. The summed E-state index contributed by atoms with van der Waals surface area (Å²) in [5, 5.41) is 52.0. The minimum atomic E-state index is -1.75. The van der Waals surface area contributed by atoms with Crippen LogP contribution in [0.5, 0.6) is 0 Å². The molecular weight excluding hydrogens is 715 g/mol. The van der Waals surface area contributed by atoms with E-state index in [1.54, 1.807) is 38.4 Å². The number of rotatable bonds is 10. The molecule has 0 unspecified atom stereocenters. The number of pyridine rings is 2. The molecule has 2 aromatic rings. The third kappa shape index (κ3) is 27.9. The molecule has 0 N–H and O–H groups in total. The van der Waals surface area contributed by atoms with Crippen LogP contribution in [-0.4, -0.2) is 57.7 Å². The van der Waals surface area contributed by atoms with Gasteiger partial charge in [0.2, 0.25) is 0 Å². The van der Waals surface area contributed by atoms with Gasteiger partial charge in [-0.3, -0.25) is 20.0 Å². The Balaban J connectivity index is -0.000000300. The molecule has 0 aromatic carbocycles. The third-order valence-corrected chi connectivity index (χ3v) is 4.15. The van der Waals surface area contributed by atoms with Crippen LogP contribution in [0.3, 0.4) is 0 Å². The van der Waals surface area contributed by atoms with Gasteiger partial charge in [-0.15, -0.1) is 11.5 Å². The minimum Gasteiger partial charge on any atom is -0.875 e. The van der Waals surface area contributed by atoms with Crippen molar-refractivity contribution in [3.05, 3.63) is 113 Å². The summed E-state index contributed by atoms with van der Waals surface area (Å²) >= 11 is 0. The van der Waals surface area contributed by atoms with Gasteiger partial charge in [0, 0.05) is 24.8 Å². The molecule has 0 amide bonds. The number of esters is 2. The number of carbonyl (C=O) groups excluding carboxylic acids is 2. The number of ether oxygens (including phenoxy) is 2. The van der Waals surface area contributed by atoms with Crippen LogP contribution in [0.25, 0.3) is 0 Å². The Bertz CT molecular complexity index is 1180. The van der Waals surface area contributed by atoms with Gasteiger partial charge in [-0.05, 0) is 38.1 Å². The number of hydrogen-bond acceptors (Lipinski definition) is 16. The molecule has 0 aliphatic carbocycles. The topological polar surface area (TPSA) is 282 Å². The predicted octanol–water partition coefficient (Wildman–Crippen LogP) is 1.22. The monoisotopic (exact) mass is 744 g/mol. The quantitative estimate of drug-likeness (QED) is 0.0629. The summed E-state index contributed by atoms with van der Waals surface area (Å²) in [6.45, 7) is 7.06. The molecule has 2 radical (unpaired) electrons. The van der Waals surface area contributed by atoms with E-state index in [0.29, 0.717) is 13.1 Å². The van der Waals surface area contributed by atoms with E-state index in [9.17, 15) is 19.8 Å². The van der Waals surface area contributed by atoms with E-state index in [4.69, 9.17) is 40.1 Å². The van der Waals surface area contributed by atoms with E-state index in [2.05, 4.69) is 20.0 Å². The van der Waals surface area contributed by atoms with Crippen LogP contribution in [0.15, 0.2) is 81.4 Å². The van der Waals surface area contributed by atoms with E-state index in [1.165, 1.54) is 26.3 Å². The van der Waals surface area contributed by atoms with Crippen molar-refractivity contribution >= 4 is 24.4 Å². The predicted molar refractivity (Wildman–Crippen MR) is 152 cm³/mol. The summed E-state index contributed by atoms with van der Waals surface area (Å²) in [6, 6.07) is 10.9. The van der Waals surface area contributed by atoms with E-state index in [1.807, 2.05) is 24.3 Å². The smallest absolute Gasteiger partial charge is 0.875 e. The summed E-state index contributed by atoms with van der Waals surface area (Å²) in [5.41, 5.74) is 1.43. The molecule has 0 saturated heterocycles. The molecular formula is C26H30Cu2N6O12. The fraction of sp³-hybridized carbons (Fsp3) is 0.308. The number of aromatic nitrogens is 2. The maximum atomic E-state index is 11.4. The molecule has 0 aliphatic rings. The van der Waals surface area contributed by atoms with Gasteiger partial charge in [-0.25, -0.2) is 9.59 Å². The zero-order valence-electron chi connectivity index (χ0n) is 24.8. The van der Waals surface area contributed by atoms with E-state index in [-0.39, 0.29) is 70.0 Å². The second-order valence-electron chi connectivity index (χ2n) is 7.41. The normalized spacial score (nSPS) is 10.7. The molecule has 0 aliphatic heterocycles. The fourth-order valence-electron chi connectivity index (χ4n) is 2.44. The second-order valence-corrected chi connectivity index (χ2v) is 7.41. The maximum absolute atomic E-state index is 11.4. The SMILES string of the molecule is CCOC(=O)/C(C=NCc1ccccn1)=C(\C)[O-].CCOC(=O)/C(C=NCc1ccccn1)=C(\C)[O-].O=[N+]([O-])[O-].O=[N+]([O-])[O-].[Cu+2].[Cu+2]. The van der Waals surface area contributed by atoms with Crippen molar-refractivity contribution < 1.29 is 73.6 Å². The van der Waals surface area contributed by atoms with Crippen LogP contribution in [0.2, 0.25) is 0 Å². The van der Waals surface area contributed by atoms with Crippen LogP contribution in [0, 0.1) is 30.6 Å². The number of carbonyl (C=O) groups is 2. The van der Waals surface area contributed by atoms with Gasteiger partial charge in [-0.1, -0.05) is 26.0 Å². The molecule has 0 fully saturated rings. The summed E-state index contributed by atoms with van der Waals surface area (Å²) in [5.74, 6) is -2.01. The molecule has 18 nitrogen and oxygen atoms in total. The average Bonchev–Trinajstić information content (AvgIpc) is 2.94. The van der Waals surface area contributed by atoms with Crippen LogP contribution < -0.4 is 10.2 Å². The number of allylic oxidation sites excluding steroid dienone is 2. The van der Waals surface area contributed by atoms with Crippen molar-refractivity contribution in [3.63, 3.8) is 0 Å². The first-order chi connectivity index (χ1) is 20.8. The zero-order valence-corrected chi connectivity index (χ0v) is 26.7. The summed E-state index contributed by atoms with van der Waals surface area (Å²) in [7, 11) is 0. The first-order valence-corrected chi connectivity index (χ1v) is 12.3. The van der Waals surface area contributed by atoms with Gasteiger partial charge in [0.1, 0.15) is 0 Å². The minimum absolute atomic E-state index is 0. The third-order valence-electron chi connectivity index (χ3n) is 4.15. The summed E-state index contributed by atoms with van der Waals surface area (Å²) in [4.78, 5) is 55.6. The molecule has 2 heterocycles. The van der Waals surface area contributed by atoms with Crippen molar-refractivity contribution in [1.29, 1.82) is 0 Å². The van der Waals surface area contributed by atoms with Crippen molar-refractivity contribution in [1.82, 2.24) is 9.97 Å². The zero-order chi connectivity index (χ0) is 33.9. The van der Waals surface area contributed by atoms with Crippen molar-refractivity contribution in [2.75, 3.05) is 13.2 Å². The standard InChI is InChI=1S/2C13H16N2O3.2Cu.2NO3/c2*1-3-18-13(17)12(10(2)16)9-14-8-11-6-4-5-7-15-11;;;2*2-1(3)4/h2*4-7,9,16H,3,8H2,1-2H3;;;;/q;;2*+2;2*-1/p-2/b2*12-10+,14-9?;;;;. The van der Waals surface area contributed by atoms with Gasteiger partial charge >= 0.3 is 46.1 Å². The summed E-state index contributed by atoms with van der Waals surface area (Å²) in [6.07, 6.45) is 5.81. The Morgan fingerprint density at radius 2 is 1.02 bits per heavy atom. The molecule has 2 rings (SSSR count). The van der Waals surface area contributed by atoms with Crippen molar-refractivity contribution in [2.24, 2.45) is 9.98 Å². The van der Waals surface area contributed by atoms with Gasteiger partial charge in [0.25, 0.3) is 0 Å². The molecule has 46 heavy (non-hydrogen) atoms. The number of aliphatic imine (C=N–C) groups is 2. The Kier molecular flexibility index (Phi) is 31.5. The van der Waals surface area contributed by atoms with Crippen LogP contribution in [0.4, 0.5) is 0 Å². The first kappa shape index (κ1) is 48.0. The molecule has 0 bridgehead atoms. The fourth-order valence-corrected chi connectivity index (χ4v) is 2.44. The Labute approximate surface area is 284 Å². The second kappa shape index (κ2) is 30.1. The van der Waals surface area contributed by atoms with Gasteiger partial charge in [-0.2, -0.15) is 0 Å². The van der Waals surface area contributed by atoms with Gasteiger partial charge in [0.05, 0.1) is 59.0 Å². The van der Waals surface area contributed by atoms with Gasteiger partial charge < -0.3 is 50.3 Å².